The molecule has 0 radical (unpaired) electrons. The smallest absolute Gasteiger partial charge is 0.343 e. The molecule has 2 rings (SSSR count). The number of fused-ring (bicyclic) bond motifs is 1. The summed E-state index contributed by atoms with van der Waals surface area (Å²) in [4.78, 5) is 24.3. The summed E-state index contributed by atoms with van der Waals surface area (Å²) < 4.78 is 20.2. The number of hydrogen-bond acceptors (Lipinski definition) is 3. The van der Waals surface area contributed by atoms with E-state index in [0.717, 1.165) is 6.42 Å². The number of nitrogens with zero attached hydrogens (tertiary/aromatic N) is 1. The van der Waals surface area contributed by atoms with E-state index in [1.807, 2.05) is 18.4 Å². The van der Waals surface area contributed by atoms with E-state index < -0.39 is 17.2 Å². The number of carbonyl (C=O) groups excluding carboxylic acids is 1. The maximum absolute atomic E-state index is 13.4. The molecule has 4 nitrogen and oxygen atoms in total. The zero-order valence-electron chi connectivity index (χ0n) is 12.4. The van der Waals surface area contributed by atoms with E-state index in [1.54, 1.807) is 13.0 Å². The van der Waals surface area contributed by atoms with Crippen molar-refractivity contribution in [2.45, 2.75) is 33.2 Å². The number of benzene rings is 1. The lowest BCUT2D eigenvalue weighted by Gasteiger charge is -2.18. The Morgan fingerprint density at radius 1 is 1.38 bits per heavy atom. The number of carbonyl (C=O) groups is 1. The Kier molecular flexibility index (Phi) is 4.40. The molecule has 21 heavy (non-hydrogen) atoms. The fourth-order valence-corrected chi connectivity index (χ4v) is 2.24. The van der Waals surface area contributed by atoms with E-state index in [0.29, 0.717) is 5.52 Å². The quantitative estimate of drug-likeness (QED) is 0.812. The summed E-state index contributed by atoms with van der Waals surface area (Å²) in [6.45, 7) is 5.83. The van der Waals surface area contributed by atoms with Crippen molar-refractivity contribution in [1.29, 1.82) is 0 Å². The molecular weight excluding hydrogens is 273 g/mol. The first-order valence-electron chi connectivity index (χ1n) is 7.01. The molecule has 0 saturated carbocycles. The van der Waals surface area contributed by atoms with Gasteiger partial charge in [0.1, 0.15) is 11.4 Å². The Bertz CT molecular complexity index is 736. The minimum Gasteiger partial charge on any atom is -0.462 e. The normalized spacial score (nSPS) is 12.4. The predicted molar refractivity (Wildman–Crippen MR) is 79.1 cm³/mol. The van der Waals surface area contributed by atoms with Gasteiger partial charge in [0.05, 0.1) is 12.1 Å². The molecule has 1 heterocycles. The second-order valence-corrected chi connectivity index (χ2v) is 4.92. The fraction of sp³-hybridized carbons (Fsp3) is 0.375. The third-order valence-corrected chi connectivity index (χ3v) is 3.56. The van der Waals surface area contributed by atoms with Crippen molar-refractivity contribution in [3.63, 3.8) is 0 Å². The lowest BCUT2D eigenvalue weighted by atomic mass is 10.1. The lowest BCUT2D eigenvalue weighted by Crippen LogP contribution is -2.22. The molecule has 112 valence electrons. The van der Waals surface area contributed by atoms with Crippen LogP contribution in [0.4, 0.5) is 4.39 Å². The monoisotopic (exact) mass is 291 g/mol. The highest BCUT2D eigenvalue weighted by molar-refractivity contribution is 5.93. The fourth-order valence-electron chi connectivity index (χ4n) is 2.24. The third-order valence-electron chi connectivity index (χ3n) is 3.56. The van der Waals surface area contributed by atoms with E-state index in [4.69, 9.17) is 4.74 Å². The molecule has 1 atom stereocenters. The van der Waals surface area contributed by atoms with Gasteiger partial charge in [-0.3, -0.25) is 4.79 Å². The van der Waals surface area contributed by atoms with Crippen molar-refractivity contribution < 1.29 is 13.9 Å². The first-order valence-corrected chi connectivity index (χ1v) is 7.01. The third kappa shape index (κ3) is 2.82. The van der Waals surface area contributed by atoms with Crippen molar-refractivity contribution in [3.05, 3.63) is 46.0 Å². The molecule has 0 saturated heterocycles. The van der Waals surface area contributed by atoms with E-state index in [1.165, 1.54) is 18.3 Å². The first kappa shape index (κ1) is 15.2. The van der Waals surface area contributed by atoms with Crippen LogP contribution in [0.1, 0.15) is 43.6 Å². The molecule has 0 bridgehead atoms. The van der Waals surface area contributed by atoms with Gasteiger partial charge in [0.25, 0.3) is 0 Å². The van der Waals surface area contributed by atoms with Gasteiger partial charge in [-0.1, -0.05) is 6.92 Å². The number of pyridine rings is 1. The predicted octanol–water partition coefficient (Wildman–Crippen LogP) is 3.29. The highest BCUT2D eigenvalue weighted by Crippen LogP contribution is 2.20. The lowest BCUT2D eigenvalue weighted by molar-refractivity contribution is 0.0524. The molecule has 0 aliphatic rings. The molecule has 2 aromatic rings. The standard InChI is InChI=1S/C16H18FNO3/c1-4-10(3)18-9-13(16(20)21-5-2)15(19)12-8-11(17)6-7-14(12)18/h6-10H,4-5H2,1-3H3/t10-/m0/s1. The van der Waals surface area contributed by atoms with Gasteiger partial charge in [-0.05, 0) is 38.5 Å². The molecule has 0 spiro atoms. The van der Waals surface area contributed by atoms with Crippen molar-refractivity contribution in [1.82, 2.24) is 4.57 Å². The van der Waals surface area contributed by atoms with Crippen LogP contribution in [0.25, 0.3) is 10.9 Å². The summed E-state index contributed by atoms with van der Waals surface area (Å²) in [6.07, 6.45) is 2.33. The largest absolute Gasteiger partial charge is 0.462 e. The summed E-state index contributed by atoms with van der Waals surface area (Å²) in [7, 11) is 0. The van der Waals surface area contributed by atoms with Gasteiger partial charge >= 0.3 is 5.97 Å². The summed E-state index contributed by atoms with van der Waals surface area (Å²) in [5, 5.41) is 0.195. The van der Waals surface area contributed by atoms with Crippen molar-refractivity contribution in [3.8, 4) is 0 Å². The molecule has 0 aliphatic carbocycles. The number of hydrogen-bond donors (Lipinski definition) is 0. The maximum Gasteiger partial charge on any atom is 0.343 e. The maximum atomic E-state index is 13.4. The molecule has 0 aliphatic heterocycles. The van der Waals surface area contributed by atoms with E-state index in [2.05, 4.69) is 0 Å². The van der Waals surface area contributed by atoms with Crippen LogP contribution in [0, 0.1) is 5.82 Å². The van der Waals surface area contributed by atoms with Gasteiger partial charge in [0.15, 0.2) is 0 Å². The van der Waals surface area contributed by atoms with Crippen LogP contribution < -0.4 is 5.43 Å². The summed E-state index contributed by atoms with van der Waals surface area (Å²) >= 11 is 0. The molecule has 0 N–H and O–H groups in total. The molecule has 1 aromatic heterocycles. The van der Waals surface area contributed by atoms with Crippen molar-refractivity contribution in [2.75, 3.05) is 6.61 Å². The number of aromatic nitrogens is 1. The Labute approximate surface area is 122 Å². The Morgan fingerprint density at radius 2 is 2.10 bits per heavy atom. The topological polar surface area (TPSA) is 48.3 Å². The van der Waals surface area contributed by atoms with Crippen LogP contribution in [-0.2, 0) is 4.74 Å². The van der Waals surface area contributed by atoms with E-state index in [-0.39, 0.29) is 23.6 Å². The van der Waals surface area contributed by atoms with Gasteiger partial charge in [0.2, 0.25) is 5.43 Å². The minimum absolute atomic E-state index is 0.0600. The zero-order chi connectivity index (χ0) is 15.6. The number of esters is 1. The molecule has 0 unspecified atom stereocenters. The van der Waals surface area contributed by atoms with Crippen molar-refractivity contribution >= 4 is 16.9 Å². The van der Waals surface area contributed by atoms with Crippen molar-refractivity contribution in [2.24, 2.45) is 0 Å². The Morgan fingerprint density at radius 3 is 2.71 bits per heavy atom. The molecule has 5 heteroatoms. The van der Waals surface area contributed by atoms with Gasteiger partial charge < -0.3 is 9.30 Å². The number of halogens is 1. The van der Waals surface area contributed by atoms with Crippen LogP contribution in [0.15, 0.2) is 29.2 Å². The highest BCUT2D eigenvalue weighted by Gasteiger charge is 2.18. The van der Waals surface area contributed by atoms with E-state index >= 15 is 0 Å². The highest BCUT2D eigenvalue weighted by atomic mass is 19.1. The molecule has 0 amide bonds. The minimum atomic E-state index is -0.675. The number of ether oxygens (including phenoxy) is 1. The van der Waals surface area contributed by atoms with Crippen LogP contribution in [0.2, 0.25) is 0 Å². The van der Waals surface area contributed by atoms with Crippen LogP contribution >= 0.6 is 0 Å². The van der Waals surface area contributed by atoms with Gasteiger partial charge in [-0.25, -0.2) is 9.18 Å². The molecule has 0 fully saturated rings. The van der Waals surface area contributed by atoms with Crippen LogP contribution in [0.5, 0.6) is 0 Å². The average molecular weight is 291 g/mol. The van der Waals surface area contributed by atoms with Crippen LogP contribution in [-0.4, -0.2) is 17.1 Å². The van der Waals surface area contributed by atoms with Gasteiger partial charge in [0, 0.05) is 17.6 Å². The van der Waals surface area contributed by atoms with E-state index in [9.17, 15) is 14.0 Å². The number of rotatable bonds is 4. The first-order chi connectivity index (χ1) is 9.99. The molecular formula is C16H18FNO3. The second kappa shape index (κ2) is 6.08. The Hall–Kier alpha value is -2.17. The molecule has 1 aromatic carbocycles. The van der Waals surface area contributed by atoms with Crippen LogP contribution in [0.3, 0.4) is 0 Å². The zero-order valence-corrected chi connectivity index (χ0v) is 12.4. The second-order valence-electron chi connectivity index (χ2n) is 4.92. The van der Waals surface area contributed by atoms with Gasteiger partial charge in [-0.2, -0.15) is 0 Å². The summed E-state index contributed by atoms with van der Waals surface area (Å²) in [5.74, 6) is -1.18. The SMILES string of the molecule is CCOC(=O)c1cn([C@@H](C)CC)c2ccc(F)cc2c1=O. The summed E-state index contributed by atoms with van der Waals surface area (Å²) in [6, 6.07) is 4.11. The summed E-state index contributed by atoms with van der Waals surface area (Å²) in [5.41, 5.74) is 0.0570. The Balaban J connectivity index is 2.79. The van der Waals surface area contributed by atoms with Gasteiger partial charge in [-0.15, -0.1) is 0 Å². The average Bonchev–Trinajstić information content (AvgIpc) is 2.47.